The van der Waals surface area contributed by atoms with Gasteiger partial charge in [-0.3, -0.25) is 9.48 Å². The highest BCUT2D eigenvalue weighted by atomic mass is 16.1. The van der Waals surface area contributed by atoms with Crippen LogP contribution in [0.25, 0.3) is 0 Å². The van der Waals surface area contributed by atoms with Gasteiger partial charge in [0.15, 0.2) is 0 Å². The molecule has 1 rings (SSSR count). The molecule has 0 radical (unpaired) electrons. The van der Waals surface area contributed by atoms with Crippen molar-refractivity contribution in [3.05, 3.63) is 17.5 Å². The molecule has 102 valence electrons. The standard InChI is InChI=1S/C13H24N4O/c1-5-10-7-11(17(6-2)16-10)9-15-13(3,4)8-12(14)18/h7,15H,5-6,8-9H2,1-4H3,(H2,14,18). The maximum Gasteiger partial charge on any atom is 0.219 e. The molecule has 0 saturated heterocycles. The minimum Gasteiger partial charge on any atom is -0.370 e. The fourth-order valence-electron chi connectivity index (χ4n) is 1.93. The van der Waals surface area contributed by atoms with Gasteiger partial charge in [-0.2, -0.15) is 5.10 Å². The van der Waals surface area contributed by atoms with E-state index in [1.54, 1.807) is 0 Å². The van der Waals surface area contributed by atoms with Crippen LogP contribution in [-0.4, -0.2) is 21.2 Å². The Labute approximate surface area is 109 Å². The van der Waals surface area contributed by atoms with Crippen molar-refractivity contribution in [1.29, 1.82) is 0 Å². The second kappa shape index (κ2) is 6.00. The highest BCUT2D eigenvalue weighted by molar-refractivity contribution is 5.74. The number of primary amides is 1. The van der Waals surface area contributed by atoms with Crippen LogP contribution in [0.3, 0.4) is 0 Å². The van der Waals surface area contributed by atoms with Crippen molar-refractivity contribution in [2.75, 3.05) is 0 Å². The Morgan fingerprint density at radius 1 is 1.50 bits per heavy atom. The van der Waals surface area contributed by atoms with Crippen LogP contribution in [-0.2, 0) is 24.3 Å². The Bertz CT molecular complexity index is 409. The van der Waals surface area contributed by atoms with Crippen LogP contribution in [0.4, 0.5) is 0 Å². The summed E-state index contributed by atoms with van der Waals surface area (Å²) in [5, 5.41) is 7.85. The van der Waals surface area contributed by atoms with Gasteiger partial charge in [0.2, 0.25) is 5.91 Å². The van der Waals surface area contributed by atoms with E-state index in [-0.39, 0.29) is 11.4 Å². The molecule has 0 aliphatic rings. The minimum atomic E-state index is -0.291. The molecule has 18 heavy (non-hydrogen) atoms. The summed E-state index contributed by atoms with van der Waals surface area (Å²) in [6.07, 6.45) is 1.26. The maximum atomic E-state index is 11.0. The number of aryl methyl sites for hydroxylation is 2. The first-order valence-electron chi connectivity index (χ1n) is 6.47. The Morgan fingerprint density at radius 3 is 2.67 bits per heavy atom. The van der Waals surface area contributed by atoms with Gasteiger partial charge in [0, 0.05) is 25.0 Å². The highest BCUT2D eigenvalue weighted by Gasteiger charge is 2.20. The van der Waals surface area contributed by atoms with Crippen molar-refractivity contribution < 1.29 is 4.79 Å². The molecule has 0 unspecified atom stereocenters. The number of aromatic nitrogens is 2. The van der Waals surface area contributed by atoms with Gasteiger partial charge in [-0.05, 0) is 33.3 Å². The molecule has 1 aromatic heterocycles. The Morgan fingerprint density at radius 2 is 2.17 bits per heavy atom. The van der Waals surface area contributed by atoms with Crippen LogP contribution in [0.5, 0.6) is 0 Å². The van der Waals surface area contributed by atoms with Crippen molar-refractivity contribution >= 4 is 5.91 Å². The van der Waals surface area contributed by atoms with E-state index in [9.17, 15) is 4.79 Å². The Hall–Kier alpha value is -1.36. The van der Waals surface area contributed by atoms with Crippen molar-refractivity contribution in [1.82, 2.24) is 15.1 Å². The molecule has 0 fully saturated rings. The lowest BCUT2D eigenvalue weighted by atomic mass is 10.0. The van der Waals surface area contributed by atoms with Crippen LogP contribution >= 0.6 is 0 Å². The molecule has 0 aromatic carbocycles. The van der Waals surface area contributed by atoms with Crippen molar-refractivity contribution in [2.24, 2.45) is 5.73 Å². The van der Waals surface area contributed by atoms with Gasteiger partial charge in [0.1, 0.15) is 0 Å². The van der Waals surface area contributed by atoms with E-state index >= 15 is 0 Å². The molecule has 1 heterocycles. The summed E-state index contributed by atoms with van der Waals surface area (Å²) >= 11 is 0. The van der Waals surface area contributed by atoms with Gasteiger partial charge in [-0.1, -0.05) is 6.92 Å². The van der Waals surface area contributed by atoms with Gasteiger partial charge >= 0.3 is 0 Å². The van der Waals surface area contributed by atoms with Crippen molar-refractivity contribution in [2.45, 2.75) is 59.2 Å². The predicted molar refractivity (Wildman–Crippen MR) is 72.0 cm³/mol. The van der Waals surface area contributed by atoms with Crippen LogP contribution < -0.4 is 11.1 Å². The van der Waals surface area contributed by atoms with E-state index < -0.39 is 0 Å². The number of nitrogens with two attached hydrogens (primary N) is 1. The van der Waals surface area contributed by atoms with Crippen LogP contribution in [0.15, 0.2) is 6.07 Å². The zero-order chi connectivity index (χ0) is 13.8. The van der Waals surface area contributed by atoms with Crippen molar-refractivity contribution in [3.63, 3.8) is 0 Å². The molecule has 1 amide bonds. The fourth-order valence-corrected chi connectivity index (χ4v) is 1.93. The third-order valence-corrected chi connectivity index (χ3v) is 2.94. The molecule has 5 heteroatoms. The number of carbonyl (C=O) groups is 1. The molecule has 0 aliphatic heterocycles. The molecule has 1 aromatic rings. The quantitative estimate of drug-likeness (QED) is 0.766. The van der Waals surface area contributed by atoms with E-state index in [1.165, 1.54) is 0 Å². The third kappa shape index (κ3) is 4.14. The zero-order valence-electron chi connectivity index (χ0n) is 11.8. The number of nitrogens with zero attached hydrogens (tertiary/aromatic N) is 2. The second-order valence-electron chi connectivity index (χ2n) is 5.18. The molecule has 0 aliphatic carbocycles. The van der Waals surface area contributed by atoms with Gasteiger partial charge in [0.05, 0.1) is 11.4 Å². The zero-order valence-corrected chi connectivity index (χ0v) is 11.8. The first-order chi connectivity index (χ1) is 8.38. The van der Waals surface area contributed by atoms with Crippen LogP contribution in [0, 0.1) is 0 Å². The molecule has 5 nitrogen and oxygen atoms in total. The number of nitrogens with one attached hydrogen (secondary N) is 1. The molecule has 3 N–H and O–H groups in total. The number of hydrogen-bond donors (Lipinski definition) is 2. The van der Waals surface area contributed by atoms with Crippen LogP contribution in [0.1, 0.15) is 45.5 Å². The van der Waals surface area contributed by atoms with Crippen LogP contribution in [0.2, 0.25) is 0 Å². The van der Waals surface area contributed by atoms with E-state index in [0.29, 0.717) is 13.0 Å². The monoisotopic (exact) mass is 252 g/mol. The number of amides is 1. The number of carbonyl (C=O) groups excluding carboxylic acids is 1. The largest absolute Gasteiger partial charge is 0.370 e. The van der Waals surface area contributed by atoms with Gasteiger partial charge in [-0.25, -0.2) is 0 Å². The lowest BCUT2D eigenvalue weighted by molar-refractivity contribution is -0.119. The topological polar surface area (TPSA) is 72.9 Å². The summed E-state index contributed by atoms with van der Waals surface area (Å²) in [5.41, 5.74) is 7.19. The third-order valence-electron chi connectivity index (χ3n) is 2.94. The normalized spacial score (nSPS) is 11.8. The lowest BCUT2D eigenvalue weighted by Crippen LogP contribution is -2.42. The molecule has 0 bridgehead atoms. The summed E-state index contributed by atoms with van der Waals surface area (Å²) in [6, 6.07) is 2.11. The Kier molecular flexibility index (Phi) is 4.90. The van der Waals surface area contributed by atoms with E-state index in [1.807, 2.05) is 18.5 Å². The Balaban J connectivity index is 2.67. The smallest absolute Gasteiger partial charge is 0.219 e. The SMILES string of the molecule is CCc1cc(CNC(C)(C)CC(N)=O)n(CC)n1. The average molecular weight is 252 g/mol. The van der Waals surface area contributed by atoms with Crippen molar-refractivity contribution in [3.8, 4) is 0 Å². The number of hydrogen-bond acceptors (Lipinski definition) is 3. The second-order valence-corrected chi connectivity index (χ2v) is 5.18. The maximum absolute atomic E-state index is 11.0. The van der Waals surface area contributed by atoms with E-state index in [0.717, 1.165) is 24.4 Å². The summed E-state index contributed by atoms with van der Waals surface area (Å²) in [5.74, 6) is -0.286. The number of rotatable bonds is 7. The summed E-state index contributed by atoms with van der Waals surface area (Å²) < 4.78 is 1.99. The molecule has 0 saturated carbocycles. The average Bonchev–Trinajstić information content (AvgIpc) is 2.67. The van der Waals surface area contributed by atoms with E-state index in [4.69, 9.17) is 5.73 Å². The molecule has 0 atom stereocenters. The molecular formula is C13H24N4O. The predicted octanol–water partition coefficient (Wildman–Crippen LogP) is 1.21. The summed E-state index contributed by atoms with van der Waals surface area (Å²) in [6.45, 7) is 9.67. The summed E-state index contributed by atoms with van der Waals surface area (Å²) in [4.78, 5) is 11.0. The van der Waals surface area contributed by atoms with Gasteiger partial charge < -0.3 is 11.1 Å². The lowest BCUT2D eigenvalue weighted by Gasteiger charge is -2.24. The first-order valence-corrected chi connectivity index (χ1v) is 6.47. The highest BCUT2D eigenvalue weighted by Crippen LogP contribution is 2.11. The van der Waals surface area contributed by atoms with Gasteiger partial charge in [0.25, 0.3) is 0 Å². The van der Waals surface area contributed by atoms with Gasteiger partial charge in [-0.15, -0.1) is 0 Å². The fraction of sp³-hybridized carbons (Fsp3) is 0.692. The molecular weight excluding hydrogens is 228 g/mol. The molecule has 0 spiro atoms. The minimum absolute atomic E-state index is 0.286. The summed E-state index contributed by atoms with van der Waals surface area (Å²) in [7, 11) is 0. The first kappa shape index (κ1) is 14.7. The van der Waals surface area contributed by atoms with E-state index in [2.05, 4.69) is 30.3 Å².